The normalized spacial score (nSPS) is 13.5. The van der Waals surface area contributed by atoms with Crippen LogP contribution in [0.3, 0.4) is 0 Å². The number of hydrogen-bond donors (Lipinski definition) is 0. The summed E-state index contributed by atoms with van der Waals surface area (Å²) in [5.74, 6) is 0.400. The van der Waals surface area contributed by atoms with Gasteiger partial charge in [-0.2, -0.15) is 0 Å². The summed E-state index contributed by atoms with van der Waals surface area (Å²) in [4.78, 5) is 12.4. The van der Waals surface area contributed by atoms with E-state index in [1.165, 1.54) is 20.3 Å². The molecule has 0 fully saturated rings. The Balaban J connectivity index is 3.18. The van der Waals surface area contributed by atoms with Crippen molar-refractivity contribution in [2.24, 2.45) is 5.41 Å². The Morgan fingerprint density at radius 3 is 1.89 bits per heavy atom. The molecule has 1 nitrogen and oxygen atoms in total. The molecule has 0 aliphatic heterocycles. The second-order valence-electron chi connectivity index (χ2n) is 6.12. The maximum absolute atomic E-state index is 12.4. The van der Waals surface area contributed by atoms with Gasteiger partial charge in [0, 0.05) is 0 Å². The summed E-state index contributed by atoms with van der Waals surface area (Å²) < 4.78 is 2.25. The Labute approximate surface area is 140 Å². The van der Waals surface area contributed by atoms with Crippen molar-refractivity contribution in [3.63, 3.8) is 0 Å². The van der Waals surface area contributed by atoms with Gasteiger partial charge >= 0.3 is 142 Å². The van der Waals surface area contributed by atoms with E-state index in [9.17, 15) is 4.79 Å². The number of halogens is 2. The van der Waals surface area contributed by atoms with Crippen LogP contribution in [0.4, 0.5) is 0 Å². The summed E-state index contributed by atoms with van der Waals surface area (Å²) in [6.45, 7) is 12.6. The van der Waals surface area contributed by atoms with E-state index in [1.54, 1.807) is 0 Å². The van der Waals surface area contributed by atoms with E-state index >= 15 is 0 Å². The topological polar surface area (TPSA) is 17.1 Å². The molecule has 4 heteroatoms. The fourth-order valence-electron chi connectivity index (χ4n) is 2.09. The Hall–Kier alpha value is 1.14. The Morgan fingerprint density at radius 1 is 1.11 bits per heavy atom. The molecular formula is C15H22I2OTe. The summed E-state index contributed by atoms with van der Waals surface area (Å²) in [5.41, 5.74) is 3.82. The molecule has 0 bridgehead atoms. The Kier molecular flexibility index (Phi) is 6.22. The van der Waals surface area contributed by atoms with Crippen LogP contribution in [0.5, 0.6) is 0 Å². The number of hydrogen-bond acceptors (Lipinski definition) is 1. The predicted octanol–water partition coefficient (Wildman–Crippen LogP) is 4.75. The first-order valence-electron chi connectivity index (χ1n) is 6.26. The number of rotatable bonds is 3. The predicted molar refractivity (Wildman–Crippen MR) is 103 cm³/mol. The van der Waals surface area contributed by atoms with Crippen LogP contribution in [0.25, 0.3) is 0 Å². The van der Waals surface area contributed by atoms with Gasteiger partial charge in [0.15, 0.2) is 0 Å². The van der Waals surface area contributed by atoms with Crippen molar-refractivity contribution in [3.8, 4) is 0 Å². The van der Waals surface area contributed by atoms with Gasteiger partial charge in [-0.25, -0.2) is 0 Å². The molecule has 0 radical (unpaired) electrons. The zero-order valence-corrected chi connectivity index (χ0v) is 19.1. The molecule has 0 atom stereocenters. The van der Waals surface area contributed by atoms with Gasteiger partial charge in [0.25, 0.3) is 0 Å². The number of aryl methyl sites for hydroxylation is 3. The number of carbonyl (C=O) groups is 1. The van der Waals surface area contributed by atoms with Crippen molar-refractivity contribution >= 4 is 57.1 Å². The van der Waals surface area contributed by atoms with Gasteiger partial charge in [-0.05, 0) is 0 Å². The second kappa shape index (κ2) is 6.49. The molecule has 0 aliphatic carbocycles. The van der Waals surface area contributed by atoms with E-state index < -0.39 is 10.3 Å². The number of carbonyl (C=O) groups excluding carboxylic acids is 1. The first kappa shape index (κ1) is 18.2. The standard InChI is InChI=1S/C15H22I2OTe/c1-10-7-11(2)14(12(3)8-10)19(16,17)9-13(18)15(4,5)6/h7-8H,9H2,1-6H3. The van der Waals surface area contributed by atoms with Crippen LogP contribution in [0.1, 0.15) is 37.5 Å². The molecule has 1 rings (SSSR count). The summed E-state index contributed by atoms with van der Waals surface area (Å²) in [6.07, 6.45) is 0. The zero-order chi connectivity index (χ0) is 15.0. The van der Waals surface area contributed by atoms with E-state index in [2.05, 4.69) is 70.3 Å². The Bertz CT molecular complexity index is 478. The summed E-state index contributed by atoms with van der Waals surface area (Å²) in [5, 5.41) is 0. The first-order chi connectivity index (χ1) is 8.45. The van der Waals surface area contributed by atoms with Crippen LogP contribution in [0.15, 0.2) is 12.1 Å². The molecule has 0 N–H and O–H groups in total. The fraction of sp³-hybridized carbons (Fsp3) is 0.533. The molecule has 0 saturated heterocycles. The molecule has 0 heterocycles. The number of ketones is 1. The molecule has 0 amide bonds. The third-order valence-electron chi connectivity index (χ3n) is 3.05. The Morgan fingerprint density at radius 2 is 1.53 bits per heavy atom. The average Bonchev–Trinajstić information content (AvgIpc) is 2.11. The van der Waals surface area contributed by atoms with Gasteiger partial charge in [0.1, 0.15) is 0 Å². The monoisotopic (exact) mass is 602 g/mol. The van der Waals surface area contributed by atoms with Gasteiger partial charge in [-0.3, -0.25) is 0 Å². The molecule has 0 aromatic heterocycles. The third kappa shape index (κ3) is 4.82. The van der Waals surface area contributed by atoms with Crippen LogP contribution in [-0.2, 0) is 4.79 Å². The third-order valence-corrected chi connectivity index (χ3v) is 18.5. The first-order valence-corrected chi connectivity index (χ1v) is 22.7. The van der Waals surface area contributed by atoms with E-state index in [0.29, 0.717) is 5.78 Å². The van der Waals surface area contributed by atoms with Crippen molar-refractivity contribution in [1.29, 1.82) is 0 Å². The van der Waals surface area contributed by atoms with Crippen LogP contribution in [0, 0.1) is 26.2 Å². The maximum atomic E-state index is 12.4. The van der Waals surface area contributed by atoms with E-state index in [4.69, 9.17) is 0 Å². The molecule has 1 aromatic carbocycles. The fourth-order valence-corrected chi connectivity index (χ4v) is 20.8. The molecule has 0 saturated carbocycles. The number of Topliss-reactive ketones (excluding diaryl/α,β-unsaturated/α-hetero) is 1. The second-order valence-corrected chi connectivity index (χ2v) is 42.9. The SMILES string of the molecule is Cc1cc(C)c([Te](I)(I)CC(=O)C(C)(C)C)c(C)c1. The summed E-state index contributed by atoms with van der Waals surface area (Å²) in [6, 6.07) is 4.50. The molecule has 19 heavy (non-hydrogen) atoms. The van der Waals surface area contributed by atoms with Crippen LogP contribution in [-0.4, -0.2) is 16.1 Å². The van der Waals surface area contributed by atoms with Crippen LogP contribution in [0.2, 0.25) is 4.47 Å². The van der Waals surface area contributed by atoms with Gasteiger partial charge < -0.3 is 0 Å². The van der Waals surface area contributed by atoms with Gasteiger partial charge in [0.2, 0.25) is 0 Å². The van der Waals surface area contributed by atoms with Gasteiger partial charge in [-0.1, -0.05) is 0 Å². The van der Waals surface area contributed by atoms with Crippen molar-refractivity contribution in [2.75, 3.05) is 0 Å². The molecule has 0 spiro atoms. The summed E-state index contributed by atoms with van der Waals surface area (Å²) >= 11 is 5.23. The van der Waals surface area contributed by atoms with E-state index in [0.717, 1.165) is 4.47 Å². The van der Waals surface area contributed by atoms with Gasteiger partial charge in [-0.15, -0.1) is 0 Å². The molecular weight excluding hydrogens is 578 g/mol. The van der Waals surface area contributed by atoms with Crippen molar-refractivity contribution < 1.29 is 4.79 Å². The van der Waals surface area contributed by atoms with Crippen LogP contribution >= 0.6 is 37.4 Å². The molecule has 0 aliphatic rings. The van der Waals surface area contributed by atoms with Crippen molar-refractivity contribution in [3.05, 3.63) is 28.8 Å². The van der Waals surface area contributed by atoms with E-state index in [-0.39, 0.29) is 5.41 Å². The quantitative estimate of drug-likeness (QED) is 0.362. The minimum atomic E-state index is -2.37. The number of benzene rings is 1. The molecule has 0 unspecified atom stereocenters. The molecule has 108 valence electrons. The van der Waals surface area contributed by atoms with Crippen LogP contribution < -0.4 is 3.61 Å². The summed E-state index contributed by atoms with van der Waals surface area (Å²) in [7, 11) is -2.37. The average molecular weight is 600 g/mol. The van der Waals surface area contributed by atoms with Crippen molar-refractivity contribution in [2.45, 2.75) is 46.0 Å². The van der Waals surface area contributed by atoms with E-state index in [1.807, 2.05) is 20.8 Å². The van der Waals surface area contributed by atoms with Crippen molar-refractivity contribution in [1.82, 2.24) is 0 Å². The zero-order valence-electron chi connectivity index (χ0n) is 12.4. The molecule has 1 aromatic rings. The minimum absolute atomic E-state index is 0.222. The van der Waals surface area contributed by atoms with Gasteiger partial charge in [0.05, 0.1) is 0 Å².